The first kappa shape index (κ1) is 20.8. The number of carboxylic acids is 1. The predicted octanol–water partition coefficient (Wildman–Crippen LogP) is -0.778. The van der Waals surface area contributed by atoms with Gasteiger partial charge in [0.25, 0.3) is 0 Å². The average Bonchev–Trinajstić information content (AvgIpc) is 2.51. The van der Waals surface area contributed by atoms with Gasteiger partial charge >= 0.3 is 13.6 Å². The lowest BCUT2D eigenvalue weighted by atomic mass is 10.2. The van der Waals surface area contributed by atoms with Crippen LogP contribution >= 0.6 is 7.60 Å². The van der Waals surface area contributed by atoms with Gasteiger partial charge in [-0.15, -0.1) is 0 Å². The van der Waals surface area contributed by atoms with Crippen molar-refractivity contribution in [3.63, 3.8) is 0 Å². The van der Waals surface area contributed by atoms with E-state index in [1.807, 2.05) is 9.80 Å². The van der Waals surface area contributed by atoms with E-state index in [2.05, 4.69) is 9.80 Å². The summed E-state index contributed by atoms with van der Waals surface area (Å²) >= 11 is 0. The Bertz CT molecular complexity index is 475. The number of hydrogen-bond acceptors (Lipinski definition) is 6. The summed E-state index contributed by atoms with van der Waals surface area (Å²) < 4.78 is 11.3. The van der Waals surface area contributed by atoms with Crippen LogP contribution in [0.1, 0.15) is 12.8 Å². The van der Waals surface area contributed by atoms with E-state index in [9.17, 15) is 19.1 Å². The summed E-state index contributed by atoms with van der Waals surface area (Å²) in [6.07, 6.45) is 1.60. The molecule has 2 saturated heterocycles. The normalized spacial score (nSPS) is 28.6. The van der Waals surface area contributed by atoms with Gasteiger partial charge in [0.1, 0.15) is 6.29 Å². The minimum atomic E-state index is -4.03. The number of carbonyl (C=O) groups is 1. The maximum absolute atomic E-state index is 11.3. The highest BCUT2D eigenvalue weighted by atomic mass is 31.2. The van der Waals surface area contributed by atoms with Gasteiger partial charge in [-0.2, -0.15) is 0 Å². The van der Waals surface area contributed by atoms with E-state index in [1.54, 1.807) is 0 Å². The molecule has 2 atom stereocenters. The second kappa shape index (κ2) is 9.97. The van der Waals surface area contributed by atoms with Crippen LogP contribution in [0.3, 0.4) is 0 Å². The zero-order chi connectivity index (χ0) is 18.3. The lowest BCUT2D eigenvalue weighted by Gasteiger charge is -2.35. The summed E-state index contributed by atoms with van der Waals surface area (Å²) in [5.41, 5.74) is 0. The van der Waals surface area contributed by atoms with Gasteiger partial charge in [0.15, 0.2) is 0 Å². The maximum Gasteiger partial charge on any atom is 0.339 e. The number of rotatable bonds is 4. The van der Waals surface area contributed by atoms with E-state index in [0.717, 1.165) is 65.2 Å². The highest BCUT2D eigenvalue weighted by molar-refractivity contribution is 7.51. The molecule has 0 radical (unpaired) electrons. The van der Waals surface area contributed by atoms with Gasteiger partial charge in [0.2, 0.25) is 0 Å². The Hall–Kier alpha value is -0.540. The molecule has 2 bridgehead atoms. The quantitative estimate of drug-likeness (QED) is 0.543. The molecule has 2 rings (SSSR count). The lowest BCUT2D eigenvalue weighted by Crippen LogP contribution is -2.47. The zero-order valence-electron chi connectivity index (χ0n) is 14.8. The molecule has 0 aromatic heterocycles. The summed E-state index contributed by atoms with van der Waals surface area (Å²) in [6.45, 7) is 8.21. The number of aliphatic carboxylic acids is 1. The van der Waals surface area contributed by atoms with E-state index in [4.69, 9.17) is 5.11 Å². The average molecular weight is 378 g/mol. The Morgan fingerprint density at radius 2 is 1.24 bits per heavy atom. The van der Waals surface area contributed by atoms with Gasteiger partial charge in [-0.3, -0.25) is 19.2 Å². The van der Waals surface area contributed by atoms with Crippen molar-refractivity contribution in [2.75, 3.05) is 78.3 Å². The van der Waals surface area contributed by atoms with E-state index < -0.39 is 13.6 Å². The summed E-state index contributed by atoms with van der Waals surface area (Å²) in [5.74, 6) is -0.783. The van der Waals surface area contributed by atoms with Crippen molar-refractivity contribution in [2.24, 2.45) is 0 Å². The van der Waals surface area contributed by atoms with Crippen molar-refractivity contribution in [3.8, 4) is 0 Å². The third-order valence-electron chi connectivity index (χ3n) is 4.84. The second-order valence-electron chi connectivity index (χ2n) is 6.98. The zero-order valence-corrected chi connectivity index (χ0v) is 15.7. The first-order chi connectivity index (χ1) is 11.8. The molecule has 2 aliphatic heterocycles. The summed E-state index contributed by atoms with van der Waals surface area (Å²) in [4.78, 5) is 38.1. The Labute approximate surface area is 149 Å². The fourth-order valence-electron chi connectivity index (χ4n) is 3.53. The van der Waals surface area contributed by atoms with Crippen molar-refractivity contribution in [1.29, 1.82) is 0 Å². The van der Waals surface area contributed by atoms with Gasteiger partial charge in [0, 0.05) is 52.4 Å². The van der Waals surface area contributed by atoms with Gasteiger partial charge in [-0.05, 0) is 25.9 Å². The van der Waals surface area contributed by atoms with Gasteiger partial charge in [-0.25, -0.2) is 0 Å². The van der Waals surface area contributed by atoms with Crippen LogP contribution in [-0.4, -0.2) is 119 Å². The molecule has 2 fully saturated rings. The molecule has 0 aromatic rings. The van der Waals surface area contributed by atoms with E-state index in [-0.39, 0.29) is 12.8 Å². The summed E-state index contributed by atoms with van der Waals surface area (Å²) in [5, 5.41) is 9.06. The molecule has 25 heavy (non-hydrogen) atoms. The molecule has 0 amide bonds. The Morgan fingerprint density at radius 1 is 0.760 bits per heavy atom. The van der Waals surface area contributed by atoms with Crippen LogP contribution in [0.15, 0.2) is 0 Å². The van der Waals surface area contributed by atoms with Gasteiger partial charge in [-0.1, -0.05) is 0 Å². The molecule has 10 heteroatoms. The largest absolute Gasteiger partial charge is 0.480 e. The van der Waals surface area contributed by atoms with Crippen LogP contribution in [0.2, 0.25) is 0 Å². The van der Waals surface area contributed by atoms with Gasteiger partial charge < -0.3 is 24.7 Å². The molecule has 0 aromatic carbocycles. The fraction of sp³-hybridized carbons (Fsp3) is 0.933. The summed E-state index contributed by atoms with van der Waals surface area (Å²) in [6, 6.07) is 0. The smallest absolute Gasteiger partial charge is 0.339 e. The van der Waals surface area contributed by atoms with E-state index in [0.29, 0.717) is 13.1 Å². The Morgan fingerprint density at radius 3 is 1.76 bits per heavy atom. The highest BCUT2D eigenvalue weighted by Crippen LogP contribution is 2.35. The Kier molecular flexibility index (Phi) is 8.28. The fourth-order valence-corrected chi connectivity index (χ4v) is 4.33. The maximum atomic E-state index is 11.3. The molecule has 2 aliphatic rings. The van der Waals surface area contributed by atoms with Crippen LogP contribution in [0.25, 0.3) is 0 Å². The predicted molar refractivity (Wildman–Crippen MR) is 94.7 cm³/mol. The minimum absolute atomic E-state index is 0.0872. The SMILES string of the molecule is O=C(O)CN1CCCN2CCN(CCCN(CP(=O)(O)O)CC2)CC1. The number of carboxylic acid groups (broad SMARTS) is 1. The van der Waals surface area contributed by atoms with Crippen LogP contribution in [-0.2, 0) is 9.36 Å². The molecule has 146 valence electrons. The van der Waals surface area contributed by atoms with Crippen molar-refractivity contribution < 1.29 is 24.3 Å². The van der Waals surface area contributed by atoms with Crippen molar-refractivity contribution in [1.82, 2.24) is 19.6 Å². The number of hydrogen-bond donors (Lipinski definition) is 3. The molecule has 2 heterocycles. The molecule has 0 aliphatic carbocycles. The van der Waals surface area contributed by atoms with Crippen molar-refractivity contribution in [3.05, 3.63) is 0 Å². The lowest BCUT2D eigenvalue weighted by molar-refractivity contribution is -0.138. The third-order valence-corrected chi connectivity index (χ3v) is 5.61. The molecular weight excluding hydrogens is 347 g/mol. The number of fused-ring (bicyclic) bond motifs is 3. The molecule has 2 unspecified atom stereocenters. The standard InChI is InChI=1S/C15H31N4O5P/c20-15(21)13-18-5-1-3-17-8-7-16(9-11-18)4-2-6-19(12-10-17)14-25(22,23)24/h1-14H2,(H,20,21)(H2,22,23,24). The monoisotopic (exact) mass is 378 g/mol. The summed E-state index contributed by atoms with van der Waals surface area (Å²) in [7, 11) is -4.03. The second-order valence-corrected chi connectivity index (χ2v) is 8.60. The first-order valence-corrected chi connectivity index (χ1v) is 10.8. The highest BCUT2D eigenvalue weighted by Gasteiger charge is 2.22. The molecule has 3 N–H and O–H groups in total. The minimum Gasteiger partial charge on any atom is -0.480 e. The van der Waals surface area contributed by atoms with Crippen LogP contribution in [0.4, 0.5) is 0 Å². The topological polar surface area (TPSA) is 108 Å². The molecule has 9 nitrogen and oxygen atoms in total. The molecule has 0 spiro atoms. The van der Waals surface area contributed by atoms with Crippen LogP contribution in [0.5, 0.6) is 0 Å². The van der Waals surface area contributed by atoms with Crippen LogP contribution in [0, 0.1) is 0 Å². The van der Waals surface area contributed by atoms with Gasteiger partial charge in [0.05, 0.1) is 6.54 Å². The van der Waals surface area contributed by atoms with E-state index in [1.165, 1.54) is 0 Å². The number of nitrogens with zero attached hydrogens (tertiary/aromatic N) is 4. The van der Waals surface area contributed by atoms with Crippen molar-refractivity contribution >= 4 is 13.6 Å². The Balaban J connectivity index is 1.98. The molecule has 0 saturated carbocycles. The third kappa shape index (κ3) is 8.59. The molecular formula is C15H31N4O5P. The van der Waals surface area contributed by atoms with E-state index >= 15 is 0 Å². The first-order valence-electron chi connectivity index (χ1n) is 8.97. The van der Waals surface area contributed by atoms with Crippen LogP contribution < -0.4 is 0 Å². The van der Waals surface area contributed by atoms with Crippen molar-refractivity contribution in [2.45, 2.75) is 12.8 Å².